The van der Waals surface area contributed by atoms with E-state index in [0.717, 1.165) is 5.56 Å². The predicted octanol–water partition coefficient (Wildman–Crippen LogP) is 1.30. The minimum atomic E-state index is -0.374. The fourth-order valence-corrected chi connectivity index (χ4v) is 1.60. The standard InChI is InChI=1S/C9H8ClNO2/c10-5-1-2-8-6(3-5)7(4-13-8)9(11)12/h1-3,7H,4H2,(H2,11,12). The second kappa shape index (κ2) is 2.92. The molecule has 13 heavy (non-hydrogen) atoms. The molecule has 1 amide bonds. The first-order chi connectivity index (χ1) is 6.18. The van der Waals surface area contributed by atoms with E-state index in [1.165, 1.54) is 0 Å². The smallest absolute Gasteiger partial charge is 0.228 e. The fraction of sp³-hybridized carbons (Fsp3) is 0.222. The summed E-state index contributed by atoms with van der Waals surface area (Å²) in [7, 11) is 0. The summed E-state index contributed by atoms with van der Waals surface area (Å²) in [4.78, 5) is 11.0. The van der Waals surface area contributed by atoms with E-state index in [1.54, 1.807) is 18.2 Å². The van der Waals surface area contributed by atoms with Gasteiger partial charge in [-0.1, -0.05) is 11.6 Å². The first kappa shape index (κ1) is 8.38. The van der Waals surface area contributed by atoms with Gasteiger partial charge in [0.05, 0.1) is 0 Å². The maximum absolute atomic E-state index is 11.0. The Hall–Kier alpha value is -1.22. The fourth-order valence-electron chi connectivity index (χ4n) is 1.42. The zero-order valence-corrected chi connectivity index (χ0v) is 7.54. The van der Waals surface area contributed by atoms with Crippen LogP contribution >= 0.6 is 11.6 Å². The van der Waals surface area contributed by atoms with Crippen LogP contribution in [0.1, 0.15) is 11.5 Å². The minimum absolute atomic E-state index is 0.324. The monoisotopic (exact) mass is 197 g/mol. The third-order valence-corrected chi connectivity index (χ3v) is 2.33. The Morgan fingerprint density at radius 2 is 2.38 bits per heavy atom. The molecule has 0 fully saturated rings. The van der Waals surface area contributed by atoms with E-state index in [2.05, 4.69) is 0 Å². The average molecular weight is 198 g/mol. The maximum Gasteiger partial charge on any atom is 0.228 e. The van der Waals surface area contributed by atoms with Gasteiger partial charge in [-0.25, -0.2) is 0 Å². The van der Waals surface area contributed by atoms with E-state index < -0.39 is 0 Å². The Kier molecular flexibility index (Phi) is 1.88. The van der Waals surface area contributed by atoms with E-state index in [-0.39, 0.29) is 11.8 Å². The van der Waals surface area contributed by atoms with Crippen molar-refractivity contribution < 1.29 is 9.53 Å². The Labute approximate surface area is 80.4 Å². The molecule has 3 nitrogen and oxygen atoms in total. The Balaban J connectivity index is 2.46. The lowest BCUT2D eigenvalue weighted by Gasteiger charge is -2.02. The van der Waals surface area contributed by atoms with Gasteiger partial charge in [-0.2, -0.15) is 0 Å². The molecule has 0 bridgehead atoms. The zero-order chi connectivity index (χ0) is 9.42. The molecule has 0 saturated heterocycles. The van der Waals surface area contributed by atoms with Crippen molar-refractivity contribution in [3.05, 3.63) is 28.8 Å². The summed E-state index contributed by atoms with van der Waals surface area (Å²) >= 11 is 5.79. The van der Waals surface area contributed by atoms with Crippen molar-refractivity contribution >= 4 is 17.5 Å². The predicted molar refractivity (Wildman–Crippen MR) is 48.9 cm³/mol. The van der Waals surface area contributed by atoms with Crippen LogP contribution in [0.3, 0.4) is 0 Å². The largest absolute Gasteiger partial charge is 0.492 e. The van der Waals surface area contributed by atoms with Crippen molar-refractivity contribution in [2.24, 2.45) is 5.73 Å². The maximum atomic E-state index is 11.0. The lowest BCUT2D eigenvalue weighted by atomic mass is 10.0. The van der Waals surface area contributed by atoms with Gasteiger partial charge in [0.2, 0.25) is 5.91 Å². The zero-order valence-electron chi connectivity index (χ0n) is 6.79. The summed E-state index contributed by atoms with van der Waals surface area (Å²) in [6.45, 7) is 0.324. The first-order valence-corrected chi connectivity index (χ1v) is 4.28. The van der Waals surface area contributed by atoms with Gasteiger partial charge in [0.1, 0.15) is 18.3 Å². The molecule has 0 aliphatic carbocycles. The van der Waals surface area contributed by atoms with Crippen molar-refractivity contribution in [2.45, 2.75) is 5.92 Å². The lowest BCUT2D eigenvalue weighted by Crippen LogP contribution is -2.22. The van der Waals surface area contributed by atoms with Crippen molar-refractivity contribution in [1.82, 2.24) is 0 Å². The molecular weight excluding hydrogens is 190 g/mol. The number of fused-ring (bicyclic) bond motifs is 1. The van der Waals surface area contributed by atoms with Gasteiger partial charge in [-0.3, -0.25) is 4.79 Å². The van der Waals surface area contributed by atoms with E-state index in [4.69, 9.17) is 22.1 Å². The van der Waals surface area contributed by atoms with Crippen molar-refractivity contribution in [2.75, 3.05) is 6.61 Å². The minimum Gasteiger partial charge on any atom is -0.492 e. The number of carbonyl (C=O) groups is 1. The Morgan fingerprint density at radius 1 is 1.62 bits per heavy atom. The number of nitrogens with two attached hydrogens (primary N) is 1. The average Bonchev–Trinajstić information content (AvgIpc) is 2.46. The van der Waals surface area contributed by atoms with E-state index in [9.17, 15) is 4.79 Å². The van der Waals surface area contributed by atoms with Crippen LogP contribution in [0.4, 0.5) is 0 Å². The van der Waals surface area contributed by atoms with Crippen molar-refractivity contribution in [3.8, 4) is 5.75 Å². The van der Waals surface area contributed by atoms with E-state index in [1.807, 2.05) is 0 Å². The van der Waals surface area contributed by atoms with Crippen LogP contribution in [0.25, 0.3) is 0 Å². The number of benzene rings is 1. The Morgan fingerprint density at radius 3 is 3.08 bits per heavy atom. The second-order valence-corrected chi connectivity index (χ2v) is 3.38. The van der Waals surface area contributed by atoms with Gasteiger partial charge < -0.3 is 10.5 Å². The molecule has 2 N–H and O–H groups in total. The molecule has 2 rings (SSSR count). The van der Waals surface area contributed by atoms with Crippen LogP contribution in [0.5, 0.6) is 5.75 Å². The highest BCUT2D eigenvalue weighted by Crippen LogP contribution is 2.35. The van der Waals surface area contributed by atoms with Crippen LogP contribution in [-0.4, -0.2) is 12.5 Å². The third kappa shape index (κ3) is 1.35. The summed E-state index contributed by atoms with van der Waals surface area (Å²) in [5, 5.41) is 0.593. The molecular formula is C9H8ClNO2. The van der Waals surface area contributed by atoms with Gasteiger partial charge in [-0.15, -0.1) is 0 Å². The van der Waals surface area contributed by atoms with Gasteiger partial charge >= 0.3 is 0 Å². The first-order valence-electron chi connectivity index (χ1n) is 3.90. The second-order valence-electron chi connectivity index (χ2n) is 2.95. The molecule has 0 saturated carbocycles. The quantitative estimate of drug-likeness (QED) is 0.738. The van der Waals surface area contributed by atoms with Gasteiger partial charge in [0, 0.05) is 10.6 Å². The van der Waals surface area contributed by atoms with Crippen LogP contribution < -0.4 is 10.5 Å². The highest BCUT2D eigenvalue weighted by atomic mass is 35.5. The summed E-state index contributed by atoms with van der Waals surface area (Å²) in [5.41, 5.74) is 5.99. The normalized spacial score (nSPS) is 19.3. The summed E-state index contributed by atoms with van der Waals surface area (Å²) in [5.74, 6) is -0.0251. The van der Waals surface area contributed by atoms with Crippen molar-refractivity contribution in [3.63, 3.8) is 0 Å². The van der Waals surface area contributed by atoms with Crippen LogP contribution in [0.15, 0.2) is 18.2 Å². The number of carbonyl (C=O) groups excluding carboxylic acids is 1. The highest BCUT2D eigenvalue weighted by molar-refractivity contribution is 6.30. The van der Waals surface area contributed by atoms with Gasteiger partial charge in [-0.05, 0) is 18.2 Å². The van der Waals surface area contributed by atoms with E-state index >= 15 is 0 Å². The number of ether oxygens (including phenoxy) is 1. The third-order valence-electron chi connectivity index (χ3n) is 2.10. The molecule has 1 unspecified atom stereocenters. The molecule has 1 aromatic carbocycles. The molecule has 68 valence electrons. The van der Waals surface area contributed by atoms with E-state index in [0.29, 0.717) is 17.4 Å². The molecule has 0 aromatic heterocycles. The molecule has 4 heteroatoms. The van der Waals surface area contributed by atoms with Gasteiger partial charge in [0.15, 0.2) is 0 Å². The molecule has 1 aromatic rings. The van der Waals surface area contributed by atoms with Crippen molar-refractivity contribution in [1.29, 1.82) is 0 Å². The summed E-state index contributed by atoms with van der Waals surface area (Å²) < 4.78 is 5.27. The number of hydrogen-bond donors (Lipinski definition) is 1. The molecule has 1 heterocycles. The molecule has 1 atom stereocenters. The topological polar surface area (TPSA) is 52.3 Å². The lowest BCUT2D eigenvalue weighted by molar-refractivity contribution is -0.119. The number of primary amides is 1. The number of halogens is 1. The van der Waals surface area contributed by atoms with Crippen LogP contribution in [0.2, 0.25) is 5.02 Å². The summed E-state index contributed by atoms with van der Waals surface area (Å²) in [6.07, 6.45) is 0. The highest BCUT2D eigenvalue weighted by Gasteiger charge is 2.28. The molecule has 1 aliphatic rings. The Bertz CT molecular complexity index is 365. The number of rotatable bonds is 1. The SMILES string of the molecule is NC(=O)C1COc2ccc(Cl)cc21. The molecule has 0 spiro atoms. The molecule has 1 aliphatic heterocycles. The number of hydrogen-bond acceptors (Lipinski definition) is 2. The summed E-state index contributed by atoms with van der Waals surface area (Å²) in [6, 6.07) is 5.20. The molecule has 0 radical (unpaired) electrons. The number of amides is 1. The van der Waals surface area contributed by atoms with Crippen LogP contribution in [-0.2, 0) is 4.79 Å². The van der Waals surface area contributed by atoms with Crippen LogP contribution in [0, 0.1) is 0 Å². The van der Waals surface area contributed by atoms with Gasteiger partial charge in [0.25, 0.3) is 0 Å².